The molecular formula is C33H40FN5O4. The van der Waals surface area contributed by atoms with E-state index in [1.54, 1.807) is 28.8 Å². The van der Waals surface area contributed by atoms with Gasteiger partial charge in [-0.3, -0.25) is 14.4 Å². The van der Waals surface area contributed by atoms with E-state index in [2.05, 4.69) is 29.5 Å². The number of carbonyl (C=O) groups excluding carboxylic acids is 2. The molecule has 10 heteroatoms. The maximum absolute atomic E-state index is 13.6. The molecule has 0 spiro atoms. The molecule has 0 unspecified atom stereocenters. The van der Waals surface area contributed by atoms with Crippen molar-refractivity contribution in [2.24, 2.45) is 5.92 Å². The zero-order valence-corrected chi connectivity index (χ0v) is 25.4. The zero-order valence-electron chi connectivity index (χ0n) is 25.4. The van der Waals surface area contributed by atoms with Gasteiger partial charge in [-0.1, -0.05) is 31.5 Å². The Morgan fingerprint density at radius 1 is 1.07 bits per heavy atom. The number of carbonyl (C=O) groups is 2. The number of rotatable bonds is 11. The Morgan fingerprint density at radius 2 is 1.81 bits per heavy atom. The van der Waals surface area contributed by atoms with Gasteiger partial charge in [-0.15, -0.1) is 0 Å². The Kier molecular flexibility index (Phi) is 8.96. The van der Waals surface area contributed by atoms with Gasteiger partial charge in [0, 0.05) is 30.4 Å². The first-order chi connectivity index (χ1) is 20.5. The second-order valence-corrected chi connectivity index (χ2v) is 12.3. The summed E-state index contributed by atoms with van der Waals surface area (Å²) in [5.41, 5.74) is 3.09. The first-order valence-corrected chi connectivity index (χ1v) is 15.0. The molecule has 3 heterocycles. The minimum absolute atomic E-state index is 0.0408. The van der Waals surface area contributed by atoms with E-state index >= 15 is 0 Å². The van der Waals surface area contributed by atoms with Crippen LogP contribution in [0.3, 0.4) is 0 Å². The quantitative estimate of drug-likeness (QED) is 0.321. The Morgan fingerprint density at radius 3 is 2.47 bits per heavy atom. The van der Waals surface area contributed by atoms with Crippen molar-refractivity contribution in [3.63, 3.8) is 0 Å². The van der Waals surface area contributed by atoms with Gasteiger partial charge < -0.3 is 24.8 Å². The maximum Gasteiger partial charge on any atom is 0.263 e. The molecule has 2 aromatic heterocycles. The molecular weight excluding hydrogens is 549 g/mol. The molecule has 2 N–H and O–H groups in total. The van der Waals surface area contributed by atoms with Crippen molar-refractivity contribution in [1.29, 1.82) is 0 Å². The van der Waals surface area contributed by atoms with Crippen LogP contribution in [0.15, 0.2) is 47.4 Å². The minimum atomic E-state index is -1.01. The van der Waals surface area contributed by atoms with Crippen molar-refractivity contribution in [2.75, 3.05) is 25.0 Å². The Balaban J connectivity index is 1.49. The first kappa shape index (κ1) is 30.4. The third-order valence-corrected chi connectivity index (χ3v) is 7.41. The number of ether oxygens (including phenoxy) is 1. The second-order valence-electron chi connectivity index (χ2n) is 12.3. The van der Waals surface area contributed by atoms with Crippen molar-refractivity contribution < 1.29 is 18.7 Å². The van der Waals surface area contributed by atoms with E-state index in [9.17, 15) is 18.8 Å². The van der Waals surface area contributed by atoms with Gasteiger partial charge >= 0.3 is 0 Å². The lowest BCUT2D eigenvalue weighted by Gasteiger charge is -2.34. The molecule has 5 rings (SSSR count). The van der Waals surface area contributed by atoms with Crippen molar-refractivity contribution in [1.82, 2.24) is 19.8 Å². The number of likely N-dealkylation sites (tertiary alicyclic amines) is 1. The van der Waals surface area contributed by atoms with Crippen molar-refractivity contribution >= 4 is 17.6 Å². The van der Waals surface area contributed by atoms with Gasteiger partial charge in [0.05, 0.1) is 19.2 Å². The molecule has 0 atom stereocenters. The molecule has 9 nitrogen and oxygen atoms in total. The number of nitrogens with one attached hydrogen (secondary N) is 2. The van der Waals surface area contributed by atoms with Gasteiger partial charge in [0.1, 0.15) is 17.6 Å². The van der Waals surface area contributed by atoms with Crippen LogP contribution >= 0.6 is 0 Å². The second kappa shape index (κ2) is 12.7. The Hall–Kier alpha value is -4.05. The van der Waals surface area contributed by atoms with Crippen LogP contribution < -0.4 is 20.9 Å². The fourth-order valence-electron chi connectivity index (χ4n) is 5.11. The predicted octanol–water partition coefficient (Wildman–Crippen LogP) is 5.13. The van der Waals surface area contributed by atoms with Crippen LogP contribution in [-0.4, -0.2) is 58.2 Å². The largest absolute Gasteiger partial charge is 0.475 e. The fourth-order valence-corrected chi connectivity index (χ4v) is 5.11. The molecule has 1 saturated heterocycles. The number of pyridine rings is 2. The van der Waals surface area contributed by atoms with Gasteiger partial charge in [0.25, 0.3) is 17.4 Å². The maximum atomic E-state index is 13.6. The lowest BCUT2D eigenvalue weighted by molar-refractivity contribution is 0.0401. The number of aromatic nitrogens is 2. The summed E-state index contributed by atoms with van der Waals surface area (Å²) in [4.78, 5) is 46.2. The molecule has 0 radical (unpaired) electrons. The average molecular weight is 590 g/mol. The number of benzene rings is 1. The highest BCUT2D eigenvalue weighted by atomic mass is 19.1. The third-order valence-electron chi connectivity index (χ3n) is 7.41. The Bertz CT molecular complexity index is 1570. The lowest BCUT2D eigenvalue weighted by Crippen LogP contribution is -2.51. The normalized spacial score (nSPS) is 15.1. The van der Waals surface area contributed by atoms with Crippen molar-refractivity contribution in [3.05, 3.63) is 75.2 Å². The van der Waals surface area contributed by atoms with Gasteiger partial charge in [-0.25, -0.2) is 4.39 Å². The molecule has 0 bridgehead atoms. The molecule has 3 aromatic rings. The van der Waals surface area contributed by atoms with Gasteiger partial charge in [0.15, 0.2) is 0 Å². The summed E-state index contributed by atoms with van der Waals surface area (Å²) in [6.45, 7) is 11.3. The van der Waals surface area contributed by atoms with Crippen LogP contribution in [0, 0.1) is 12.8 Å². The van der Waals surface area contributed by atoms with E-state index in [1.807, 2.05) is 39.1 Å². The topological polar surface area (TPSA) is 106 Å². The molecule has 1 aliphatic heterocycles. The van der Waals surface area contributed by atoms with Crippen molar-refractivity contribution in [3.8, 4) is 17.0 Å². The molecule has 1 aromatic carbocycles. The van der Waals surface area contributed by atoms with Crippen molar-refractivity contribution in [2.45, 2.75) is 72.3 Å². The van der Waals surface area contributed by atoms with E-state index in [0.717, 1.165) is 30.5 Å². The van der Waals surface area contributed by atoms with Gasteiger partial charge in [-0.2, -0.15) is 4.98 Å². The number of halogens is 1. The van der Waals surface area contributed by atoms with E-state index in [4.69, 9.17) is 4.74 Å². The highest BCUT2D eigenvalue weighted by Gasteiger charge is 2.32. The fraction of sp³-hybridized carbons (Fsp3) is 0.455. The summed E-state index contributed by atoms with van der Waals surface area (Å²) in [6.07, 6.45) is 2.44. The summed E-state index contributed by atoms with van der Waals surface area (Å²) >= 11 is 0. The predicted molar refractivity (Wildman–Crippen MR) is 164 cm³/mol. The Labute approximate surface area is 251 Å². The van der Waals surface area contributed by atoms with Crippen LogP contribution in [0.25, 0.3) is 11.1 Å². The molecule has 1 aliphatic carbocycles. The van der Waals surface area contributed by atoms with Crippen LogP contribution in [-0.2, 0) is 6.54 Å². The SMILES string of the molecule is Cc1ccc(-c2cc(NC(=O)c3cc(CNCC(C)C)cn(C4CC4)c3=O)nc(OC(C)C)c2)c(C(=O)N2CC(F)C2)c1. The average Bonchev–Trinajstić information content (AvgIpc) is 3.76. The summed E-state index contributed by atoms with van der Waals surface area (Å²) in [6, 6.07) is 10.6. The first-order valence-electron chi connectivity index (χ1n) is 15.0. The number of amides is 2. The van der Waals surface area contributed by atoms with Crippen LogP contribution in [0.4, 0.5) is 10.2 Å². The highest BCUT2D eigenvalue weighted by molar-refractivity contribution is 6.05. The van der Waals surface area contributed by atoms with Gasteiger partial charge in [-0.05, 0) is 81.0 Å². The lowest BCUT2D eigenvalue weighted by atomic mass is 9.96. The van der Waals surface area contributed by atoms with Crippen LogP contribution in [0.5, 0.6) is 5.88 Å². The number of anilines is 1. The summed E-state index contributed by atoms with van der Waals surface area (Å²) in [7, 11) is 0. The van der Waals surface area contributed by atoms with Crippen LogP contribution in [0.1, 0.15) is 78.4 Å². The number of hydrogen-bond acceptors (Lipinski definition) is 6. The number of nitrogens with zero attached hydrogens (tertiary/aromatic N) is 3. The minimum Gasteiger partial charge on any atom is -0.475 e. The van der Waals surface area contributed by atoms with E-state index in [1.165, 1.54) is 4.90 Å². The number of hydrogen-bond donors (Lipinski definition) is 2. The molecule has 43 heavy (non-hydrogen) atoms. The van der Waals surface area contributed by atoms with E-state index in [0.29, 0.717) is 29.2 Å². The zero-order chi connectivity index (χ0) is 30.8. The summed E-state index contributed by atoms with van der Waals surface area (Å²) in [5, 5.41) is 6.20. The molecule has 1 saturated carbocycles. The monoisotopic (exact) mass is 589 g/mol. The molecule has 2 aliphatic rings. The number of aryl methyl sites for hydroxylation is 1. The smallest absolute Gasteiger partial charge is 0.263 e. The van der Waals surface area contributed by atoms with E-state index < -0.39 is 12.1 Å². The molecule has 2 amide bonds. The molecule has 228 valence electrons. The van der Waals surface area contributed by atoms with E-state index in [-0.39, 0.29) is 54.0 Å². The standard InChI is InChI=1S/C33H40FN5O4/c1-19(2)14-35-15-22-11-28(33(42)39(16-22)25-7-8-25)31(40)37-29-12-23(13-30(36-29)43-20(3)4)26-9-6-21(5)10-27(26)32(41)38-17-24(34)18-38/h6,9-13,16,19-20,24-25,35H,7-8,14-15,17-18H2,1-5H3,(H,36,37,40). The highest BCUT2D eigenvalue weighted by Crippen LogP contribution is 2.34. The third kappa shape index (κ3) is 7.30. The van der Waals surface area contributed by atoms with Crippen LogP contribution in [0.2, 0.25) is 0 Å². The summed E-state index contributed by atoms with van der Waals surface area (Å²) < 4.78 is 21.1. The number of alkyl halides is 1. The van der Waals surface area contributed by atoms with Gasteiger partial charge in [0.2, 0.25) is 5.88 Å². The molecule has 2 fully saturated rings. The summed E-state index contributed by atoms with van der Waals surface area (Å²) in [5.74, 6) is 0.0839.